The number of hydrogen-bond donors (Lipinski definition) is 0. The van der Waals surface area contributed by atoms with E-state index in [0.717, 1.165) is 11.8 Å². The molecule has 0 radical (unpaired) electrons. The zero-order valence-corrected chi connectivity index (χ0v) is 9.33. The van der Waals surface area contributed by atoms with Crippen LogP contribution >= 0.6 is 11.8 Å². The van der Waals surface area contributed by atoms with Gasteiger partial charge in [0.15, 0.2) is 0 Å². The predicted octanol–water partition coefficient (Wildman–Crippen LogP) is 0.170. The number of hydrogen-bond acceptors (Lipinski definition) is 5. The molecule has 0 N–H and O–H groups in total. The number of thioether (sulfide) groups is 1. The van der Waals surface area contributed by atoms with E-state index in [-0.39, 0.29) is 15.8 Å². The van der Waals surface area contributed by atoms with Crippen LogP contribution < -0.4 is 4.85 Å². The maximum Gasteiger partial charge on any atom is 0.378 e. The Morgan fingerprint density at radius 1 is 1.57 bits per heavy atom. The Morgan fingerprint density at radius 3 is 2.50 bits per heavy atom. The lowest BCUT2D eigenvalue weighted by molar-refractivity contribution is -0.673. The number of rotatable bonds is 1. The quantitative estimate of drug-likeness (QED) is 0.494. The summed E-state index contributed by atoms with van der Waals surface area (Å²) in [5.74, 6) is -0.174. The minimum atomic E-state index is -0.400. The van der Waals surface area contributed by atoms with Gasteiger partial charge in [0, 0.05) is 0 Å². The van der Waals surface area contributed by atoms with E-state index >= 15 is 0 Å². The smallest absolute Gasteiger partial charge is 0.378 e. The van der Waals surface area contributed by atoms with Crippen molar-refractivity contribution in [2.24, 2.45) is 0 Å². The average molecular weight is 216 g/mol. The molecule has 1 aromatic heterocycles. The molecule has 0 amide bonds. The van der Waals surface area contributed by atoms with Crippen molar-refractivity contribution in [3.8, 4) is 0 Å². The van der Waals surface area contributed by atoms with Crippen molar-refractivity contribution in [3.63, 3.8) is 0 Å². The second-order valence-electron chi connectivity index (χ2n) is 3.74. The SMILES string of the molecule is CSC(=O)c1nn(C(C)(C)C)n[n+]1[O-]. The van der Waals surface area contributed by atoms with Crippen molar-refractivity contribution in [3.05, 3.63) is 11.0 Å². The molecule has 6 nitrogen and oxygen atoms in total. The van der Waals surface area contributed by atoms with Gasteiger partial charge in [0.05, 0.1) is 10.3 Å². The van der Waals surface area contributed by atoms with Crippen molar-refractivity contribution in [1.29, 1.82) is 0 Å². The zero-order chi connectivity index (χ0) is 10.9. The van der Waals surface area contributed by atoms with Crippen LogP contribution in [0.1, 0.15) is 31.4 Å². The van der Waals surface area contributed by atoms with Gasteiger partial charge in [-0.3, -0.25) is 4.79 Å². The Labute approximate surface area is 85.8 Å². The first-order valence-electron chi connectivity index (χ1n) is 4.02. The van der Waals surface area contributed by atoms with Gasteiger partial charge in [-0.05, 0) is 31.8 Å². The molecule has 0 saturated carbocycles. The van der Waals surface area contributed by atoms with Gasteiger partial charge in [-0.25, -0.2) is 0 Å². The molecule has 7 heteroatoms. The summed E-state index contributed by atoms with van der Waals surface area (Å²) in [6.45, 7) is 5.54. The van der Waals surface area contributed by atoms with E-state index in [2.05, 4.69) is 10.3 Å². The summed E-state index contributed by atoms with van der Waals surface area (Å²) >= 11 is 0.940. The summed E-state index contributed by atoms with van der Waals surface area (Å²) in [5, 5.41) is 18.2. The molecule has 0 atom stereocenters. The van der Waals surface area contributed by atoms with E-state index < -0.39 is 5.54 Å². The minimum absolute atomic E-state index is 0.174. The van der Waals surface area contributed by atoms with Gasteiger partial charge in [-0.1, -0.05) is 11.8 Å². The highest BCUT2D eigenvalue weighted by molar-refractivity contribution is 8.13. The Kier molecular flexibility index (Phi) is 2.79. The number of nitrogens with zero attached hydrogens (tertiary/aromatic N) is 4. The molecular weight excluding hydrogens is 204 g/mol. The van der Waals surface area contributed by atoms with E-state index in [1.165, 1.54) is 4.80 Å². The molecule has 0 aromatic carbocycles. The first-order valence-corrected chi connectivity index (χ1v) is 5.24. The lowest BCUT2D eigenvalue weighted by Crippen LogP contribution is -2.36. The molecule has 1 aromatic rings. The standard InChI is InChI=1S/C7H12N4O2S/c1-7(2,3)11-8-5(6(12)14-4)10(13)9-11/h1-4H3. The zero-order valence-electron chi connectivity index (χ0n) is 8.51. The van der Waals surface area contributed by atoms with E-state index in [1.54, 1.807) is 6.26 Å². The summed E-state index contributed by atoms with van der Waals surface area (Å²) < 4.78 is 0. The maximum atomic E-state index is 11.2. The third-order valence-corrected chi connectivity index (χ3v) is 2.06. The largest absolute Gasteiger partial charge is 0.721 e. The Hall–Kier alpha value is -1.11. The number of carbonyl (C=O) groups excluding carboxylic acids is 1. The third kappa shape index (κ3) is 2.03. The molecule has 78 valence electrons. The summed E-state index contributed by atoms with van der Waals surface area (Å²) in [6.07, 6.45) is 1.60. The third-order valence-electron chi connectivity index (χ3n) is 1.50. The highest BCUT2D eigenvalue weighted by Gasteiger charge is 2.29. The predicted molar refractivity (Wildman–Crippen MR) is 51.8 cm³/mol. The summed E-state index contributed by atoms with van der Waals surface area (Å²) in [4.78, 5) is 12.7. The fourth-order valence-corrected chi connectivity index (χ4v) is 1.06. The van der Waals surface area contributed by atoms with Gasteiger partial charge in [0.2, 0.25) is 0 Å². The van der Waals surface area contributed by atoms with Crippen LogP contribution in [-0.2, 0) is 5.54 Å². The fourth-order valence-electron chi connectivity index (χ4n) is 0.762. The van der Waals surface area contributed by atoms with E-state index in [9.17, 15) is 10.0 Å². The molecule has 1 heterocycles. The first-order chi connectivity index (χ1) is 6.36. The molecular formula is C7H12N4O2S. The van der Waals surface area contributed by atoms with Crippen LogP contribution in [0.15, 0.2) is 0 Å². The van der Waals surface area contributed by atoms with Crippen LogP contribution in [0.4, 0.5) is 0 Å². The molecule has 0 unspecified atom stereocenters. The fraction of sp³-hybridized carbons (Fsp3) is 0.714. The molecule has 0 aliphatic heterocycles. The second kappa shape index (κ2) is 3.56. The van der Waals surface area contributed by atoms with Gasteiger partial charge in [0.25, 0.3) is 5.12 Å². The second-order valence-corrected chi connectivity index (χ2v) is 4.52. The minimum Gasteiger partial charge on any atom is -0.721 e. The summed E-state index contributed by atoms with van der Waals surface area (Å²) in [7, 11) is 0. The molecule has 1 rings (SSSR count). The first kappa shape index (κ1) is 11.0. The summed E-state index contributed by atoms with van der Waals surface area (Å²) in [5.41, 5.74) is -0.400. The Bertz CT molecular complexity index is 355. The van der Waals surface area contributed by atoms with Gasteiger partial charge < -0.3 is 5.21 Å². The van der Waals surface area contributed by atoms with Crippen LogP contribution in [0.3, 0.4) is 0 Å². The van der Waals surface area contributed by atoms with Crippen molar-refractivity contribution in [1.82, 2.24) is 15.1 Å². The highest BCUT2D eigenvalue weighted by atomic mass is 32.2. The van der Waals surface area contributed by atoms with Gasteiger partial charge in [0.1, 0.15) is 5.54 Å². The molecule has 0 aliphatic carbocycles. The van der Waals surface area contributed by atoms with E-state index in [4.69, 9.17) is 0 Å². The lowest BCUT2D eigenvalue weighted by atomic mass is 10.1. The maximum absolute atomic E-state index is 11.2. The van der Waals surface area contributed by atoms with Gasteiger partial charge >= 0.3 is 5.82 Å². The molecule has 0 aliphatic rings. The van der Waals surface area contributed by atoms with E-state index in [0.29, 0.717) is 0 Å². The lowest BCUT2D eigenvalue weighted by Gasteiger charge is -2.07. The molecule has 0 saturated heterocycles. The highest BCUT2D eigenvalue weighted by Crippen LogP contribution is 2.10. The average Bonchev–Trinajstić information content (AvgIpc) is 2.45. The van der Waals surface area contributed by atoms with Crippen LogP contribution in [0, 0.1) is 5.21 Å². The van der Waals surface area contributed by atoms with Gasteiger partial charge in [-0.15, -0.1) is 4.85 Å². The number of carbonyl (C=O) groups is 1. The van der Waals surface area contributed by atoms with Crippen LogP contribution in [0.2, 0.25) is 0 Å². The number of aromatic nitrogens is 4. The Morgan fingerprint density at radius 2 is 2.14 bits per heavy atom. The van der Waals surface area contributed by atoms with Crippen molar-refractivity contribution >= 4 is 16.9 Å². The monoisotopic (exact) mass is 216 g/mol. The van der Waals surface area contributed by atoms with Gasteiger partial charge in [-0.2, -0.15) is 0 Å². The van der Waals surface area contributed by atoms with Crippen molar-refractivity contribution in [2.45, 2.75) is 26.3 Å². The van der Waals surface area contributed by atoms with Crippen molar-refractivity contribution < 1.29 is 9.64 Å². The molecule has 14 heavy (non-hydrogen) atoms. The topological polar surface area (TPSA) is 74.7 Å². The van der Waals surface area contributed by atoms with Crippen LogP contribution in [0.25, 0.3) is 0 Å². The molecule has 0 bridgehead atoms. The van der Waals surface area contributed by atoms with Crippen molar-refractivity contribution in [2.75, 3.05) is 6.26 Å². The number of tetrazole rings is 1. The Balaban J connectivity index is 3.12. The van der Waals surface area contributed by atoms with E-state index in [1.807, 2.05) is 20.8 Å². The van der Waals surface area contributed by atoms with Crippen LogP contribution in [0.5, 0.6) is 0 Å². The summed E-state index contributed by atoms with van der Waals surface area (Å²) in [6, 6.07) is 0. The molecule has 0 spiro atoms. The van der Waals surface area contributed by atoms with Crippen LogP contribution in [-0.4, -0.2) is 26.5 Å². The molecule has 0 fully saturated rings. The normalized spacial score (nSPS) is 11.7.